The van der Waals surface area contributed by atoms with Gasteiger partial charge in [0, 0.05) is 42.7 Å². The van der Waals surface area contributed by atoms with Crippen LogP contribution in [-0.4, -0.2) is 61.4 Å². The molecule has 2 N–H and O–H groups in total. The number of carbonyl (C=O) groups excluding carboxylic acids is 1. The fraction of sp³-hybridized carbons (Fsp3) is 0.417. The number of nitrogens with one attached hydrogen (secondary N) is 2. The summed E-state index contributed by atoms with van der Waals surface area (Å²) >= 11 is 0. The Labute approximate surface area is 195 Å². The maximum atomic E-state index is 14.0. The number of amides is 1. The van der Waals surface area contributed by atoms with Gasteiger partial charge in [0.05, 0.1) is 24.1 Å². The number of fused-ring (bicyclic) bond motifs is 2. The number of hydrogen-bond donors (Lipinski definition) is 2. The van der Waals surface area contributed by atoms with E-state index in [2.05, 4.69) is 25.3 Å². The predicted molar refractivity (Wildman–Crippen MR) is 125 cm³/mol. The quantitative estimate of drug-likeness (QED) is 0.469. The van der Waals surface area contributed by atoms with Gasteiger partial charge in [-0.2, -0.15) is 14.4 Å². The molecule has 34 heavy (non-hydrogen) atoms. The molecule has 0 aromatic carbocycles. The minimum Gasteiger partial charge on any atom is -0.480 e. The number of ether oxygens (including phenoxy) is 1. The molecular formula is C24H26FN7O2. The smallest absolute Gasteiger partial charge is 0.228 e. The Morgan fingerprint density at radius 3 is 2.82 bits per heavy atom. The Hall–Kier alpha value is -3.69. The molecule has 0 atom stereocenters. The van der Waals surface area contributed by atoms with Crippen LogP contribution in [-0.2, 0) is 4.79 Å². The average Bonchev–Trinajstić information content (AvgIpc) is 3.57. The van der Waals surface area contributed by atoms with Crippen LogP contribution in [0.4, 0.5) is 10.3 Å². The number of imidazole rings is 1. The fourth-order valence-electron chi connectivity index (χ4n) is 5.34. The minimum absolute atomic E-state index is 0.125. The van der Waals surface area contributed by atoms with Crippen LogP contribution in [0.15, 0.2) is 30.7 Å². The van der Waals surface area contributed by atoms with Gasteiger partial charge in [0.1, 0.15) is 11.3 Å². The van der Waals surface area contributed by atoms with E-state index in [0.717, 1.165) is 55.3 Å². The summed E-state index contributed by atoms with van der Waals surface area (Å²) in [4.78, 5) is 31.3. The van der Waals surface area contributed by atoms with Gasteiger partial charge in [0.15, 0.2) is 0 Å². The standard InChI is InChI=1S/C24H26FN7O2/c1-24(22(33)31-7-3-4-8-31)9-15(10-24)28-23-29-20-19(21(30-23)34-2)16(11-27-20)14-5-6-18-26-12-17(25)32(18)13-14/h5-6,11-13,15H,3-4,7-10H2,1-2H3,(H2,27,28,29,30)/t15-,24+. The maximum Gasteiger partial charge on any atom is 0.228 e. The molecule has 1 aliphatic carbocycles. The van der Waals surface area contributed by atoms with E-state index in [4.69, 9.17) is 4.74 Å². The zero-order valence-corrected chi connectivity index (χ0v) is 19.1. The number of rotatable bonds is 5. The molecule has 1 aliphatic heterocycles. The van der Waals surface area contributed by atoms with Crippen LogP contribution in [0.1, 0.15) is 32.6 Å². The molecule has 4 aromatic heterocycles. The lowest BCUT2D eigenvalue weighted by molar-refractivity contribution is -0.145. The number of aromatic nitrogens is 5. The number of anilines is 1. The van der Waals surface area contributed by atoms with Crippen LogP contribution in [0.3, 0.4) is 0 Å². The van der Waals surface area contributed by atoms with E-state index in [1.54, 1.807) is 19.4 Å². The fourth-order valence-corrected chi connectivity index (χ4v) is 5.34. The summed E-state index contributed by atoms with van der Waals surface area (Å²) in [6.07, 6.45) is 8.40. The first kappa shape index (κ1) is 20.9. The Bertz CT molecular complexity index is 1400. The van der Waals surface area contributed by atoms with Crippen molar-refractivity contribution in [3.05, 3.63) is 36.7 Å². The van der Waals surface area contributed by atoms with E-state index in [1.165, 1.54) is 10.6 Å². The molecule has 0 radical (unpaired) electrons. The summed E-state index contributed by atoms with van der Waals surface area (Å²) in [5.74, 6) is 0.708. The molecule has 5 heterocycles. The lowest BCUT2D eigenvalue weighted by atomic mass is 9.66. The number of H-pyrrole nitrogens is 1. The van der Waals surface area contributed by atoms with Crippen LogP contribution in [0, 0.1) is 11.4 Å². The van der Waals surface area contributed by atoms with Gasteiger partial charge in [0.25, 0.3) is 0 Å². The van der Waals surface area contributed by atoms with Gasteiger partial charge in [0.2, 0.25) is 23.7 Å². The molecule has 176 valence electrons. The highest BCUT2D eigenvalue weighted by Crippen LogP contribution is 2.44. The van der Waals surface area contributed by atoms with Gasteiger partial charge in [-0.25, -0.2) is 4.98 Å². The van der Waals surface area contributed by atoms with E-state index in [0.29, 0.717) is 23.1 Å². The van der Waals surface area contributed by atoms with Crippen molar-refractivity contribution in [1.82, 2.24) is 29.2 Å². The zero-order chi connectivity index (χ0) is 23.4. The lowest BCUT2D eigenvalue weighted by Crippen LogP contribution is -2.53. The summed E-state index contributed by atoms with van der Waals surface area (Å²) < 4.78 is 21.0. The second-order valence-electron chi connectivity index (χ2n) is 9.52. The number of halogens is 1. The normalized spacial score (nSPS) is 22.3. The van der Waals surface area contributed by atoms with Gasteiger partial charge >= 0.3 is 0 Å². The van der Waals surface area contributed by atoms with E-state index >= 15 is 0 Å². The second kappa shape index (κ2) is 7.68. The van der Waals surface area contributed by atoms with Crippen molar-refractivity contribution < 1.29 is 13.9 Å². The topological polar surface area (TPSA) is 100 Å². The Morgan fingerprint density at radius 2 is 2.06 bits per heavy atom. The molecule has 2 aliphatic rings. The van der Waals surface area contributed by atoms with Crippen molar-refractivity contribution in [3.63, 3.8) is 0 Å². The van der Waals surface area contributed by atoms with Crippen molar-refractivity contribution in [2.75, 3.05) is 25.5 Å². The third kappa shape index (κ3) is 3.27. The molecule has 1 amide bonds. The third-order valence-corrected chi connectivity index (χ3v) is 7.10. The van der Waals surface area contributed by atoms with Gasteiger partial charge in [-0.15, -0.1) is 0 Å². The first-order valence-corrected chi connectivity index (χ1v) is 11.6. The summed E-state index contributed by atoms with van der Waals surface area (Å²) in [5, 5.41) is 4.09. The lowest BCUT2D eigenvalue weighted by Gasteiger charge is -2.45. The van der Waals surface area contributed by atoms with Crippen molar-refractivity contribution in [1.29, 1.82) is 0 Å². The third-order valence-electron chi connectivity index (χ3n) is 7.10. The molecule has 9 nitrogen and oxygen atoms in total. The van der Waals surface area contributed by atoms with Crippen molar-refractivity contribution in [2.24, 2.45) is 5.41 Å². The summed E-state index contributed by atoms with van der Waals surface area (Å²) in [6, 6.07) is 3.76. The van der Waals surface area contributed by atoms with Gasteiger partial charge in [-0.3, -0.25) is 9.20 Å². The molecular weight excluding hydrogens is 437 g/mol. The SMILES string of the molecule is COc1nc(N[C@H]2C[C@@](C)(C(=O)N3CCCC3)C2)nc2[nH]cc(-c3ccc4ncc(F)n4c3)c12. The molecule has 1 saturated carbocycles. The first-order chi connectivity index (χ1) is 16.4. The van der Waals surface area contributed by atoms with Crippen LogP contribution in [0.25, 0.3) is 27.8 Å². The molecule has 6 rings (SSSR count). The van der Waals surface area contributed by atoms with Crippen molar-refractivity contribution in [2.45, 2.75) is 38.6 Å². The number of carbonyl (C=O) groups is 1. The van der Waals surface area contributed by atoms with Gasteiger partial charge in [-0.1, -0.05) is 6.92 Å². The molecule has 1 saturated heterocycles. The maximum absolute atomic E-state index is 14.0. The zero-order valence-electron chi connectivity index (χ0n) is 19.1. The first-order valence-electron chi connectivity index (χ1n) is 11.6. The minimum atomic E-state index is -0.429. The van der Waals surface area contributed by atoms with Gasteiger partial charge in [-0.05, 0) is 37.8 Å². The van der Waals surface area contributed by atoms with Crippen LogP contribution in [0.5, 0.6) is 5.88 Å². The van der Waals surface area contributed by atoms with E-state index < -0.39 is 5.95 Å². The molecule has 10 heteroatoms. The Balaban J connectivity index is 1.25. The average molecular weight is 464 g/mol. The van der Waals surface area contributed by atoms with Gasteiger partial charge < -0.3 is 19.9 Å². The molecule has 0 spiro atoms. The number of likely N-dealkylation sites (tertiary alicyclic amines) is 1. The largest absolute Gasteiger partial charge is 0.480 e. The molecule has 2 fully saturated rings. The summed E-state index contributed by atoms with van der Waals surface area (Å²) in [6.45, 7) is 3.80. The molecule has 0 unspecified atom stereocenters. The van der Waals surface area contributed by atoms with Crippen LogP contribution in [0.2, 0.25) is 0 Å². The van der Waals surface area contributed by atoms with Crippen molar-refractivity contribution in [3.8, 4) is 17.0 Å². The van der Waals surface area contributed by atoms with Crippen molar-refractivity contribution >= 4 is 28.5 Å². The summed E-state index contributed by atoms with van der Waals surface area (Å²) in [7, 11) is 1.57. The second-order valence-corrected chi connectivity index (χ2v) is 9.52. The predicted octanol–water partition coefficient (Wildman–Crippen LogP) is 3.62. The number of pyridine rings is 1. The highest BCUT2D eigenvalue weighted by molar-refractivity contribution is 5.97. The van der Waals surface area contributed by atoms with E-state index in [1.807, 2.05) is 24.1 Å². The summed E-state index contributed by atoms with van der Waals surface area (Å²) in [5.41, 5.74) is 2.42. The highest BCUT2D eigenvalue weighted by atomic mass is 19.1. The highest BCUT2D eigenvalue weighted by Gasteiger charge is 2.48. The van der Waals surface area contributed by atoms with E-state index in [9.17, 15) is 9.18 Å². The number of aromatic amines is 1. The number of nitrogens with zero attached hydrogens (tertiary/aromatic N) is 5. The molecule has 4 aromatic rings. The number of methoxy groups -OCH3 is 1. The monoisotopic (exact) mass is 463 g/mol. The molecule has 0 bridgehead atoms. The van der Waals surface area contributed by atoms with E-state index in [-0.39, 0.29) is 17.4 Å². The van der Waals surface area contributed by atoms with Crippen LogP contribution >= 0.6 is 0 Å². The Kier molecular flexibility index (Phi) is 4.72. The Morgan fingerprint density at radius 1 is 1.26 bits per heavy atom. The number of hydrogen-bond acceptors (Lipinski definition) is 6. The van der Waals surface area contributed by atoms with Crippen LogP contribution < -0.4 is 10.1 Å².